The van der Waals surface area contributed by atoms with Gasteiger partial charge in [0.15, 0.2) is 0 Å². The van der Waals surface area contributed by atoms with Crippen LogP contribution < -0.4 is 0 Å². The average molecular weight is 314 g/mol. The van der Waals surface area contributed by atoms with Crippen molar-refractivity contribution in [2.45, 2.75) is 12.4 Å². The smallest absolute Gasteiger partial charge is 0.351 e. The van der Waals surface area contributed by atoms with Gasteiger partial charge >= 0.3 is 12.4 Å². The van der Waals surface area contributed by atoms with Gasteiger partial charge in [-0.15, -0.1) is 0 Å². The molecule has 2 aromatic rings. The van der Waals surface area contributed by atoms with E-state index in [1.54, 1.807) is 4.98 Å². The maximum atomic E-state index is 12.6. The van der Waals surface area contributed by atoms with Crippen molar-refractivity contribution >= 4 is 11.6 Å². The fraction of sp³-hybridized carbons (Fsp3) is 0.167. The number of alkyl halides is 6. The zero-order chi connectivity index (χ0) is 15.1. The molecule has 1 aromatic heterocycles. The van der Waals surface area contributed by atoms with E-state index in [2.05, 4.69) is 0 Å². The molecule has 0 bridgehead atoms. The number of halogens is 7. The number of H-pyrrole nitrogens is 1. The molecule has 0 aliphatic heterocycles. The Kier molecular flexibility index (Phi) is 3.49. The van der Waals surface area contributed by atoms with Gasteiger partial charge in [-0.05, 0) is 23.8 Å². The summed E-state index contributed by atoms with van der Waals surface area (Å²) in [6.07, 6.45) is -10.2. The first kappa shape index (κ1) is 14.8. The zero-order valence-corrected chi connectivity index (χ0v) is 10.3. The van der Waals surface area contributed by atoms with Crippen LogP contribution in [0.2, 0.25) is 5.02 Å². The summed E-state index contributed by atoms with van der Waals surface area (Å²) in [5, 5.41) is 0.326. The summed E-state index contributed by atoms with van der Waals surface area (Å²) >= 11 is 5.61. The molecule has 1 aromatic carbocycles. The number of nitrogens with one attached hydrogen (secondary N) is 1. The molecule has 1 N–H and O–H groups in total. The van der Waals surface area contributed by atoms with Crippen LogP contribution in [0.25, 0.3) is 11.3 Å². The van der Waals surface area contributed by atoms with Crippen molar-refractivity contribution in [2.24, 2.45) is 0 Å². The molecule has 0 amide bonds. The summed E-state index contributed by atoms with van der Waals surface area (Å²) in [4.78, 5) is 1.78. The molecule has 0 atom stereocenters. The topological polar surface area (TPSA) is 15.8 Å². The maximum absolute atomic E-state index is 12.6. The molecule has 0 aliphatic carbocycles. The molecule has 0 radical (unpaired) electrons. The fourth-order valence-corrected chi connectivity index (χ4v) is 1.81. The van der Waals surface area contributed by atoms with Gasteiger partial charge in [-0.2, -0.15) is 26.3 Å². The molecular formula is C12H6ClF6N. The first-order chi connectivity index (χ1) is 9.09. The minimum absolute atomic E-state index is 0.176. The monoisotopic (exact) mass is 313 g/mol. The molecular weight excluding hydrogens is 308 g/mol. The van der Waals surface area contributed by atoms with Gasteiger partial charge in [0.2, 0.25) is 0 Å². The van der Waals surface area contributed by atoms with E-state index in [-0.39, 0.29) is 11.3 Å². The van der Waals surface area contributed by atoms with E-state index in [1.165, 1.54) is 24.3 Å². The molecule has 0 saturated carbocycles. The van der Waals surface area contributed by atoms with Crippen LogP contribution in [0.4, 0.5) is 26.3 Å². The van der Waals surface area contributed by atoms with E-state index in [4.69, 9.17) is 11.6 Å². The van der Waals surface area contributed by atoms with Gasteiger partial charge in [-0.25, -0.2) is 0 Å². The summed E-state index contributed by atoms with van der Waals surface area (Å²) in [5.74, 6) is 0. The van der Waals surface area contributed by atoms with Crippen molar-refractivity contribution < 1.29 is 26.3 Å². The van der Waals surface area contributed by atoms with Crippen LogP contribution in [-0.4, -0.2) is 4.98 Å². The van der Waals surface area contributed by atoms with Gasteiger partial charge in [0, 0.05) is 10.7 Å². The van der Waals surface area contributed by atoms with Crippen LogP contribution in [0.3, 0.4) is 0 Å². The van der Waals surface area contributed by atoms with Crippen LogP contribution >= 0.6 is 11.6 Å². The van der Waals surface area contributed by atoms with Crippen molar-refractivity contribution in [1.82, 2.24) is 4.98 Å². The van der Waals surface area contributed by atoms with Gasteiger partial charge < -0.3 is 4.98 Å². The van der Waals surface area contributed by atoms with Crippen LogP contribution in [0, 0.1) is 0 Å². The second-order valence-corrected chi connectivity index (χ2v) is 4.41. The summed E-state index contributed by atoms with van der Waals surface area (Å²) < 4.78 is 75.8. The van der Waals surface area contributed by atoms with E-state index in [0.29, 0.717) is 11.1 Å². The van der Waals surface area contributed by atoms with Gasteiger partial charge in [0.25, 0.3) is 0 Å². The normalized spacial score (nSPS) is 12.8. The second-order valence-electron chi connectivity index (χ2n) is 3.97. The molecule has 2 rings (SSSR count). The minimum atomic E-state index is -5.12. The Balaban J connectivity index is 2.57. The molecule has 8 heteroatoms. The third-order valence-electron chi connectivity index (χ3n) is 2.56. The number of benzene rings is 1. The lowest BCUT2D eigenvalue weighted by Gasteiger charge is -2.10. The van der Waals surface area contributed by atoms with Gasteiger partial charge in [-0.1, -0.05) is 23.7 Å². The molecule has 1 nitrogen and oxygen atoms in total. The number of aromatic nitrogens is 1. The van der Waals surface area contributed by atoms with Crippen molar-refractivity contribution in [3.05, 3.63) is 46.6 Å². The summed E-state index contributed by atoms with van der Waals surface area (Å²) in [7, 11) is 0. The molecule has 108 valence electrons. The Morgan fingerprint density at radius 2 is 1.40 bits per heavy atom. The fourth-order valence-electron chi connectivity index (χ4n) is 1.69. The van der Waals surface area contributed by atoms with Gasteiger partial charge in [-0.3, -0.25) is 0 Å². The first-order valence-corrected chi connectivity index (χ1v) is 5.60. The predicted octanol–water partition coefficient (Wildman–Crippen LogP) is 5.37. The summed E-state index contributed by atoms with van der Waals surface area (Å²) in [5.41, 5.74) is -3.65. The first-order valence-electron chi connectivity index (χ1n) is 5.22. The van der Waals surface area contributed by atoms with Crippen LogP contribution in [-0.2, 0) is 12.4 Å². The predicted molar refractivity (Wildman–Crippen MR) is 61.2 cm³/mol. The highest BCUT2D eigenvalue weighted by molar-refractivity contribution is 6.30. The maximum Gasteiger partial charge on any atom is 0.431 e. The molecule has 0 saturated heterocycles. The van der Waals surface area contributed by atoms with Crippen molar-refractivity contribution in [3.63, 3.8) is 0 Å². The largest absolute Gasteiger partial charge is 0.431 e. The molecule has 0 spiro atoms. The molecule has 0 fully saturated rings. The van der Waals surface area contributed by atoms with Gasteiger partial charge in [0.1, 0.15) is 5.69 Å². The van der Waals surface area contributed by atoms with Crippen molar-refractivity contribution in [3.8, 4) is 11.3 Å². The number of rotatable bonds is 1. The van der Waals surface area contributed by atoms with E-state index in [1.807, 2.05) is 0 Å². The Labute approximate surface area is 114 Å². The Morgan fingerprint density at radius 1 is 0.850 bits per heavy atom. The quantitative estimate of drug-likeness (QED) is 0.681. The third-order valence-corrected chi connectivity index (χ3v) is 2.81. The molecule has 0 aliphatic rings. The molecule has 20 heavy (non-hydrogen) atoms. The van der Waals surface area contributed by atoms with E-state index < -0.39 is 23.6 Å². The number of hydrogen-bond acceptors (Lipinski definition) is 0. The molecule has 1 heterocycles. The zero-order valence-electron chi connectivity index (χ0n) is 9.53. The highest BCUT2D eigenvalue weighted by Gasteiger charge is 2.45. The van der Waals surface area contributed by atoms with Crippen LogP contribution in [0.15, 0.2) is 30.3 Å². The summed E-state index contributed by atoms with van der Waals surface area (Å²) in [6, 6.07) is 5.84. The van der Waals surface area contributed by atoms with Crippen molar-refractivity contribution in [1.29, 1.82) is 0 Å². The van der Waals surface area contributed by atoms with E-state index in [0.717, 1.165) is 0 Å². The SMILES string of the molecule is FC(F)(F)c1cc(-c2ccc(Cl)cc2)[nH]c1C(F)(F)F. The molecule has 0 unspecified atom stereocenters. The lowest BCUT2D eigenvalue weighted by molar-refractivity contribution is -0.163. The average Bonchev–Trinajstić information content (AvgIpc) is 2.74. The van der Waals surface area contributed by atoms with Crippen LogP contribution in [0.5, 0.6) is 0 Å². The second kappa shape index (κ2) is 4.73. The van der Waals surface area contributed by atoms with Crippen LogP contribution in [0.1, 0.15) is 11.3 Å². The van der Waals surface area contributed by atoms with Crippen molar-refractivity contribution in [2.75, 3.05) is 0 Å². The lowest BCUT2D eigenvalue weighted by Crippen LogP contribution is -2.15. The number of hydrogen-bond donors (Lipinski definition) is 1. The third kappa shape index (κ3) is 2.92. The Hall–Kier alpha value is -1.63. The Bertz CT molecular complexity index is 577. The standard InChI is InChI=1S/C12H6ClF6N/c13-7-3-1-6(2-4-7)9-5-8(11(14,15)16)10(20-9)12(17,18)19/h1-5,20H. The highest BCUT2D eigenvalue weighted by Crippen LogP contribution is 2.42. The lowest BCUT2D eigenvalue weighted by atomic mass is 10.1. The highest BCUT2D eigenvalue weighted by atomic mass is 35.5. The summed E-state index contributed by atoms with van der Waals surface area (Å²) in [6.45, 7) is 0. The minimum Gasteiger partial charge on any atom is -0.351 e. The number of aromatic amines is 1. The Morgan fingerprint density at radius 3 is 1.80 bits per heavy atom. The van der Waals surface area contributed by atoms with Gasteiger partial charge in [0.05, 0.1) is 5.56 Å². The van der Waals surface area contributed by atoms with E-state index in [9.17, 15) is 26.3 Å². The van der Waals surface area contributed by atoms with E-state index >= 15 is 0 Å².